The maximum Gasteiger partial charge on any atom is 0.274 e. The van der Waals surface area contributed by atoms with Gasteiger partial charge in [-0.05, 0) is 24.3 Å². The molecule has 7 heteroatoms. The molecule has 1 fully saturated rings. The SMILES string of the molecule is O=C(c1ccn(-c2ccc(Cl)cc2Cl)n1)N1CCNCC1. The molecule has 0 atom stereocenters. The fourth-order valence-electron chi connectivity index (χ4n) is 2.27. The van der Waals surface area contributed by atoms with Crippen molar-refractivity contribution in [3.8, 4) is 5.69 Å². The van der Waals surface area contributed by atoms with E-state index in [1.54, 1.807) is 40.0 Å². The third-order valence-corrected chi connectivity index (χ3v) is 3.91. The Bertz CT molecular complexity index is 665. The third kappa shape index (κ3) is 3.05. The first-order valence-corrected chi connectivity index (χ1v) is 7.42. The van der Waals surface area contributed by atoms with E-state index in [2.05, 4.69) is 10.4 Å². The zero-order valence-corrected chi connectivity index (χ0v) is 12.7. The molecule has 3 rings (SSSR count). The van der Waals surface area contributed by atoms with Gasteiger partial charge in [0.05, 0.1) is 10.7 Å². The molecule has 21 heavy (non-hydrogen) atoms. The monoisotopic (exact) mass is 324 g/mol. The summed E-state index contributed by atoms with van der Waals surface area (Å²) in [6, 6.07) is 6.87. The van der Waals surface area contributed by atoms with E-state index < -0.39 is 0 Å². The topological polar surface area (TPSA) is 50.2 Å². The van der Waals surface area contributed by atoms with E-state index in [-0.39, 0.29) is 5.91 Å². The molecule has 2 aromatic rings. The first-order chi connectivity index (χ1) is 10.1. The first-order valence-electron chi connectivity index (χ1n) is 6.66. The van der Waals surface area contributed by atoms with Gasteiger partial charge in [0.1, 0.15) is 0 Å². The molecular weight excluding hydrogens is 311 g/mol. The maximum absolute atomic E-state index is 12.4. The second-order valence-electron chi connectivity index (χ2n) is 4.78. The second-order valence-corrected chi connectivity index (χ2v) is 5.63. The molecule has 1 amide bonds. The highest BCUT2D eigenvalue weighted by Gasteiger charge is 2.20. The molecule has 1 aromatic carbocycles. The summed E-state index contributed by atoms with van der Waals surface area (Å²) in [5.74, 6) is -0.0552. The van der Waals surface area contributed by atoms with Gasteiger partial charge >= 0.3 is 0 Å². The molecule has 0 radical (unpaired) electrons. The third-order valence-electron chi connectivity index (χ3n) is 3.37. The summed E-state index contributed by atoms with van der Waals surface area (Å²) in [6.45, 7) is 3.03. The zero-order chi connectivity index (χ0) is 14.8. The summed E-state index contributed by atoms with van der Waals surface area (Å²) in [5.41, 5.74) is 1.11. The molecule has 0 aliphatic carbocycles. The standard InChI is InChI=1S/C14H14Cl2N4O/c15-10-1-2-13(11(16)9-10)20-6-3-12(18-20)14(21)19-7-4-17-5-8-19/h1-3,6,9,17H,4-5,7-8H2. The molecule has 110 valence electrons. The van der Waals surface area contributed by atoms with Gasteiger partial charge < -0.3 is 10.2 Å². The number of nitrogens with one attached hydrogen (secondary N) is 1. The number of carbonyl (C=O) groups excluding carboxylic acids is 1. The van der Waals surface area contributed by atoms with Crippen LogP contribution in [0.3, 0.4) is 0 Å². The molecule has 0 unspecified atom stereocenters. The Hall–Kier alpha value is -1.56. The molecule has 0 bridgehead atoms. The maximum atomic E-state index is 12.4. The van der Waals surface area contributed by atoms with Crippen molar-refractivity contribution in [3.05, 3.63) is 46.2 Å². The van der Waals surface area contributed by atoms with E-state index in [0.717, 1.165) is 13.1 Å². The molecule has 1 aliphatic heterocycles. The van der Waals surface area contributed by atoms with Crippen molar-refractivity contribution >= 4 is 29.1 Å². The number of rotatable bonds is 2. The van der Waals surface area contributed by atoms with Crippen LogP contribution in [0.2, 0.25) is 10.0 Å². The van der Waals surface area contributed by atoms with Gasteiger partial charge in [-0.25, -0.2) is 4.68 Å². The van der Waals surface area contributed by atoms with Crippen LogP contribution in [0.1, 0.15) is 10.5 Å². The summed E-state index contributed by atoms with van der Waals surface area (Å²) < 4.78 is 1.59. The lowest BCUT2D eigenvalue weighted by molar-refractivity contribution is 0.0729. The van der Waals surface area contributed by atoms with Crippen molar-refractivity contribution in [2.24, 2.45) is 0 Å². The van der Waals surface area contributed by atoms with Crippen LogP contribution < -0.4 is 5.32 Å². The van der Waals surface area contributed by atoms with E-state index in [0.29, 0.717) is 34.5 Å². The van der Waals surface area contributed by atoms with Crippen molar-refractivity contribution in [1.82, 2.24) is 20.0 Å². The van der Waals surface area contributed by atoms with Crippen LogP contribution in [0, 0.1) is 0 Å². The minimum Gasteiger partial charge on any atom is -0.335 e. The lowest BCUT2D eigenvalue weighted by Crippen LogP contribution is -2.46. The highest BCUT2D eigenvalue weighted by Crippen LogP contribution is 2.24. The zero-order valence-electron chi connectivity index (χ0n) is 11.2. The fraction of sp³-hybridized carbons (Fsp3) is 0.286. The van der Waals surface area contributed by atoms with Crippen molar-refractivity contribution < 1.29 is 4.79 Å². The van der Waals surface area contributed by atoms with Crippen molar-refractivity contribution in [1.29, 1.82) is 0 Å². The van der Waals surface area contributed by atoms with Crippen LogP contribution >= 0.6 is 23.2 Å². The molecule has 0 saturated carbocycles. The molecule has 5 nitrogen and oxygen atoms in total. The minimum atomic E-state index is -0.0552. The fourth-order valence-corrected chi connectivity index (χ4v) is 2.76. The number of piperazine rings is 1. The normalized spacial score (nSPS) is 15.2. The smallest absolute Gasteiger partial charge is 0.274 e. The largest absolute Gasteiger partial charge is 0.335 e. The van der Waals surface area contributed by atoms with Crippen molar-refractivity contribution in [2.75, 3.05) is 26.2 Å². The van der Waals surface area contributed by atoms with Crippen LogP contribution in [-0.2, 0) is 0 Å². The first kappa shape index (κ1) is 14.4. The molecule has 1 saturated heterocycles. The summed E-state index contributed by atoms with van der Waals surface area (Å²) in [5, 5.41) is 8.59. The number of carbonyl (C=O) groups is 1. The Balaban J connectivity index is 1.84. The summed E-state index contributed by atoms with van der Waals surface area (Å²) >= 11 is 12.0. The summed E-state index contributed by atoms with van der Waals surface area (Å²) in [4.78, 5) is 14.1. The van der Waals surface area contributed by atoms with Crippen LogP contribution in [0.4, 0.5) is 0 Å². The van der Waals surface area contributed by atoms with E-state index >= 15 is 0 Å². The summed E-state index contributed by atoms with van der Waals surface area (Å²) in [6.07, 6.45) is 1.73. The second kappa shape index (κ2) is 6.05. The average Bonchev–Trinajstić information content (AvgIpc) is 2.97. The van der Waals surface area contributed by atoms with Gasteiger partial charge in [-0.1, -0.05) is 23.2 Å². The van der Waals surface area contributed by atoms with Gasteiger partial charge in [0.25, 0.3) is 5.91 Å². The van der Waals surface area contributed by atoms with Gasteiger partial charge in [-0.15, -0.1) is 0 Å². The van der Waals surface area contributed by atoms with Crippen LogP contribution in [0.25, 0.3) is 5.69 Å². The quantitative estimate of drug-likeness (QED) is 0.921. The Kier molecular flexibility index (Phi) is 4.14. The summed E-state index contributed by atoms with van der Waals surface area (Å²) in [7, 11) is 0. The average molecular weight is 325 g/mol. The number of aromatic nitrogens is 2. The molecule has 2 heterocycles. The van der Waals surface area contributed by atoms with Crippen molar-refractivity contribution in [3.63, 3.8) is 0 Å². The Labute approximate surface area is 132 Å². The van der Waals surface area contributed by atoms with Gasteiger partial charge in [0.15, 0.2) is 5.69 Å². The van der Waals surface area contributed by atoms with Crippen LogP contribution in [0.15, 0.2) is 30.5 Å². The van der Waals surface area contributed by atoms with Crippen LogP contribution in [0.5, 0.6) is 0 Å². The van der Waals surface area contributed by atoms with Gasteiger partial charge in [-0.3, -0.25) is 4.79 Å². The number of nitrogens with zero attached hydrogens (tertiary/aromatic N) is 3. The van der Waals surface area contributed by atoms with E-state index in [1.807, 2.05) is 0 Å². The molecule has 1 aliphatic rings. The van der Waals surface area contributed by atoms with E-state index in [1.165, 1.54) is 0 Å². The number of benzene rings is 1. The lowest BCUT2D eigenvalue weighted by atomic mass is 10.3. The lowest BCUT2D eigenvalue weighted by Gasteiger charge is -2.26. The molecule has 1 aromatic heterocycles. The Morgan fingerprint density at radius 2 is 1.95 bits per heavy atom. The Morgan fingerprint density at radius 1 is 1.19 bits per heavy atom. The number of amides is 1. The predicted octanol–water partition coefficient (Wildman–Crippen LogP) is 2.22. The predicted molar refractivity (Wildman–Crippen MR) is 82.4 cm³/mol. The van der Waals surface area contributed by atoms with Crippen molar-refractivity contribution in [2.45, 2.75) is 0 Å². The van der Waals surface area contributed by atoms with Gasteiger partial charge in [0, 0.05) is 37.4 Å². The van der Waals surface area contributed by atoms with Gasteiger partial charge in [0.2, 0.25) is 0 Å². The number of hydrogen-bond donors (Lipinski definition) is 1. The van der Waals surface area contributed by atoms with Crippen LogP contribution in [-0.4, -0.2) is 46.8 Å². The van der Waals surface area contributed by atoms with E-state index in [9.17, 15) is 4.79 Å². The Morgan fingerprint density at radius 3 is 2.67 bits per heavy atom. The van der Waals surface area contributed by atoms with Gasteiger partial charge in [-0.2, -0.15) is 5.10 Å². The molecule has 1 N–H and O–H groups in total. The highest BCUT2D eigenvalue weighted by atomic mass is 35.5. The van der Waals surface area contributed by atoms with E-state index in [4.69, 9.17) is 23.2 Å². The highest BCUT2D eigenvalue weighted by molar-refractivity contribution is 6.35. The number of hydrogen-bond acceptors (Lipinski definition) is 3. The molecule has 0 spiro atoms. The minimum absolute atomic E-state index is 0.0552. The molecular formula is C14H14Cl2N4O. The number of halogens is 2.